The molecule has 0 aliphatic heterocycles. The van der Waals surface area contributed by atoms with Crippen LogP contribution in [0.25, 0.3) is 0 Å². The normalized spacial score (nSPS) is 12.1. The van der Waals surface area contributed by atoms with E-state index in [4.69, 9.17) is 116 Å². The Morgan fingerprint density at radius 3 is 1.39 bits per heavy atom. The lowest BCUT2D eigenvalue weighted by molar-refractivity contribution is -0.107. The van der Waals surface area contributed by atoms with Crippen molar-refractivity contribution in [1.82, 2.24) is 0 Å². The van der Waals surface area contributed by atoms with Crippen molar-refractivity contribution < 1.29 is 4.79 Å². The zero-order valence-corrected chi connectivity index (χ0v) is 18.5. The Kier molecular flexibility index (Phi) is 9.38. The second kappa shape index (κ2) is 9.53. The van der Waals surface area contributed by atoms with Gasteiger partial charge in [-0.25, -0.2) is 0 Å². The fourth-order valence-corrected chi connectivity index (χ4v) is 4.20. The van der Waals surface area contributed by atoms with Crippen LogP contribution in [0, 0.1) is 0 Å². The summed E-state index contributed by atoms with van der Waals surface area (Å²) in [6.45, 7) is 0. The van der Waals surface area contributed by atoms with Gasteiger partial charge >= 0.3 is 0 Å². The van der Waals surface area contributed by atoms with Crippen molar-refractivity contribution in [2.45, 2.75) is 4.90 Å². The molecule has 0 unspecified atom stereocenters. The lowest BCUT2D eigenvalue weighted by atomic mass is 10.3. The largest absolute Gasteiger partial charge is 0.280 e. The summed E-state index contributed by atoms with van der Waals surface area (Å²) in [6.07, 6.45) is 0. The van der Waals surface area contributed by atoms with Gasteiger partial charge in [-0.2, -0.15) is 0 Å². The van der Waals surface area contributed by atoms with Crippen molar-refractivity contribution in [3.8, 4) is 0 Å². The second-order valence-corrected chi connectivity index (χ2v) is 8.45. The number of benzene rings is 1. The third-order valence-electron chi connectivity index (χ3n) is 2.09. The zero-order valence-electron chi connectivity index (χ0n) is 10.1. The molecule has 0 saturated carbocycles. The molecule has 0 N–H and O–H groups in total. The van der Waals surface area contributed by atoms with Gasteiger partial charge in [0.05, 0.1) is 40.1 Å². The van der Waals surface area contributed by atoms with Gasteiger partial charge in [0, 0.05) is 0 Å². The fourth-order valence-electron chi connectivity index (χ4n) is 1.08. The highest BCUT2D eigenvalue weighted by Crippen LogP contribution is 2.48. The van der Waals surface area contributed by atoms with Crippen molar-refractivity contribution in [2.24, 2.45) is 0 Å². The summed E-state index contributed by atoms with van der Waals surface area (Å²) in [5.74, 6) is 0. The topological polar surface area (TPSA) is 17.1 Å². The maximum Gasteiger partial charge on any atom is 0.237 e. The summed E-state index contributed by atoms with van der Waals surface area (Å²) in [6, 6.07) is 0. The predicted molar refractivity (Wildman–Crippen MR) is 106 cm³/mol. The van der Waals surface area contributed by atoms with Gasteiger partial charge in [0.2, 0.25) is 5.12 Å². The molecule has 0 fully saturated rings. The van der Waals surface area contributed by atoms with Gasteiger partial charge in [-0.15, -0.1) is 0 Å². The Balaban J connectivity index is 3.33. The van der Waals surface area contributed by atoms with E-state index in [0.717, 1.165) is 0 Å². The lowest BCUT2D eigenvalue weighted by Crippen LogP contribution is -1.96. The van der Waals surface area contributed by atoms with Crippen molar-refractivity contribution in [2.75, 3.05) is 0 Å². The molecule has 23 heavy (non-hydrogen) atoms. The van der Waals surface area contributed by atoms with Gasteiger partial charge in [-0.05, 0) is 11.8 Å². The van der Waals surface area contributed by atoms with E-state index in [1.165, 1.54) is 0 Å². The van der Waals surface area contributed by atoms with Crippen LogP contribution in [0.4, 0.5) is 0 Å². The lowest BCUT2D eigenvalue weighted by Gasteiger charge is -2.11. The van der Waals surface area contributed by atoms with Crippen LogP contribution in [0.1, 0.15) is 0 Å². The van der Waals surface area contributed by atoms with E-state index in [-0.39, 0.29) is 44.6 Å². The van der Waals surface area contributed by atoms with Crippen LogP contribution in [0.5, 0.6) is 0 Å². The van der Waals surface area contributed by atoms with Crippen LogP contribution >= 0.6 is 128 Å². The number of halogens is 10. The first kappa shape index (κ1) is 22.7. The molecule has 0 atom stereocenters. The molecule has 0 spiro atoms. The van der Waals surface area contributed by atoms with Crippen LogP contribution in [0.15, 0.2) is 24.5 Å². The van der Waals surface area contributed by atoms with Crippen molar-refractivity contribution in [3.63, 3.8) is 0 Å². The average Bonchev–Trinajstić information content (AvgIpc) is 2.52. The Hall–Kier alpha value is 1.62. The quantitative estimate of drug-likeness (QED) is 0.126. The summed E-state index contributed by atoms with van der Waals surface area (Å²) >= 11 is 58.5. The van der Waals surface area contributed by atoms with Gasteiger partial charge < -0.3 is 0 Å². The predicted octanol–water partition coefficient (Wildman–Crippen LogP) is 9.15. The third-order valence-corrected chi connectivity index (χ3v) is 7.59. The molecule has 0 aromatic heterocycles. The fraction of sp³-hybridized carbons (Fsp3) is 0. The first-order chi connectivity index (χ1) is 10.5. The highest BCUT2D eigenvalue weighted by molar-refractivity contribution is 8.14. The molecule has 1 aromatic carbocycles. The molecule has 0 aliphatic carbocycles. The highest BCUT2D eigenvalue weighted by Gasteiger charge is 2.24. The monoisotopic (exact) mass is 530 g/mol. The van der Waals surface area contributed by atoms with E-state index >= 15 is 0 Å². The molecule has 1 aromatic rings. The van der Waals surface area contributed by atoms with Gasteiger partial charge in [0.1, 0.15) is 9.52 Å². The van der Waals surface area contributed by atoms with Gasteiger partial charge in [0.25, 0.3) is 0 Å². The minimum absolute atomic E-state index is 0.0419. The molecule has 0 heterocycles. The number of rotatable bonds is 3. The van der Waals surface area contributed by atoms with Crippen LogP contribution in [0.2, 0.25) is 25.1 Å². The minimum atomic E-state index is -0.748. The molecule has 1 nitrogen and oxygen atoms in total. The van der Waals surface area contributed by atoms with Crippen LogP contribution in [-0.2, 0) is 4.79 Å². The van der Waals surface area contributed by atoms with Crippen molar-refractivity contribution >= 4 is 133 Å². The Labute approximate surface area is 185 Å². The van der Waals surface area contributed by atoms with Crippen LogP contribution in [-0.4, -0.2) is 5.12 Å². The van der Waals surface area contributed by atoms with E-state index in [1.807, 2.05) is 0 Å². The highest BCUT2D eigenvalue weighted by atomic mass is 35.5. The van der Waals surface area contributed by atoms with E-state index in [1.54, 1.807) is 0 Å². The van der Waals surface area contributed by atoms with E-state index in [9.17, 15) is 4.79 Å². The molecule has 12 heteroatoms. The first-order valence-electron chi connectivity index (χ1n) is 5.00. The molecule has 126 valence electrons. The maximum absolute atomic E-state index is 12.2. The number of carbonyl (C=O) groups is 1. The van der Waals surface area contributed by atoms with E-state index in [2.05, 4.69) is 0 Å². The SMILES string of the molecule is O=C(Sc1c(Cl)c(Cl)c(Cl)c(Cl)c1Cl)/C(Cl)=C(/Cl)C(Cl)=C(Cl)Cl. The number of hydrogen-bond acceptors (Lipinski definition) is 2. The number of hydrogen-bond donors (Lipinski definition) is 0. The van der Waals surface area contributed by atoms with Gasteiger partial charge in [-0.1, -0.05) is 116 Å². The molecular weight excluding hydrogens is 535 g/mol. The van der Waals surface area contributed by atoms with Crippen molar-refractivity contribution in [3.05, 3.63) is 44.7 Å². The van der Waals surface area contributed by atoms with Crippen molar-refractivity contribution in [1.29, 1.82) is 0 Å². The summed E-state index contributed by atoms with van der Waals surface area (Å²) in [4.78, 5) is 12.2. The molecule has 0 saturated heterocycles. The number of allylic oxidation sites excluding steroid dienone is 2. The van der Waals surface area contributed by atoms with Crippen LogP contribution < -0.4 is 0 Å². The Bertz CT molecular complexity index is 706. The first-order valence-corrected chi connectivity index (χ1v) is 9.60. The summed E-state index contributed by atoms with van der Waals surface area (Å²) in [7, 11) is 0. The van der Waals surface area contributed by atoms with E-state index in [0.29, 0.717) is 11.8 Å². The van der Waals surface area contributed by atoms with Gasteiger partial charge in [-0.3, -0.25) is 4.79 Å². The summed E-state index contributed by atoms with van der Waals surface area (Å²) in [5.41, 5.74) is 0. The number of carbonyl (C=O) groups excluding carboxylic acids is 1. The van der Waals surface area contributed by atoms with Crippen LogP contribution in [0.3, 0.4) is 0 Å². The Morgan fingerprint density at radius 1 is 0.609 bits per heavy atom. The summed E-state index contributed by atoms with van der Waals surface area (Å²) < 4.78 is -0.360. The average molecular weight is 535 g/mol. The summed E-state index contributed by atoms with van der Waals surface area (Å²) in [5, 5.41) is -2.14. The number of thioether (sulfide) groups is 1. The smallest absolute Gasteiger partial charge is 0.237 e. The minimum Gasteiger partial charge on any atom is -0.280 e. The molecule has 0 radical (unpaired) electrons. The van der Waals surface area contributed by atoms with Gasteiger partial charge in [0.15, 0.2) is 0 Å². The second-order valence-electron chi connectivity index (χ2n) is 3.49. The zero-order chi connectivity index (χ0) is 18.1. The molecule has 0 bridgehead atoms. The Morgan fingerprint density at radius 2 is 1.00 bits per heavy atom. The van der Waals surface area contributed by atoms with E-state index < -0.39 is 10.1 Å². The maximum atomic E-state index is 12.2. The molecule has 0 amide bonds. The third kappa shape index (κ3) is 5.30. The molecular formula is C11Cl10OS. The molecule has 1 rings (SSSR count). The standard InChI is InChI=1S/C11Cl10OS/c12-1-2(13)5(16)9(6(17)3(1)14)23-11(22)8(19)4(15)7(18)10(20)21/b8-4-. The molecule has 0 aliphatic rings.